The van der Waals surface area contributed by atoms with Crippen LogP contribution in [0.5, 0.6) is 0 Å². The molecule has 35 heavy (non-hydrogen) atoms. The fourth-order valence-electron chi connectivity index (χ4n) is 4.13. The molecule has 2 aromatic rings. The first-order chi connectivity index (χ1) is 16.7. The van der Waals surface area contributed by atoms with Crippen LogP contribution >= 0.6 is 0 Å². The molecule has 1 unspecified atom stereocenters. The molecule has 0 N–H and O–H groups in total. The third kappa shape index (κ3) is 5.61. The number of rotatable bonds is 7. The number of ether oxygens (including phenoxy) is 1. The molecule has 2 heterocycles. The van der Waals surface area contributed by atoms with Crippen molar-refractivity contribution in [2.45, 2.75) is 46.6 Å². The Hall–Kier alpha value is -3.89. The van der Waals surface area contributed by atoms with Crippen molar-refractivity contribution in [2.75, 3.05) is 26.2 Å². The Kier molecular flexibility index (Phi) is 8.10. The summed E-state index contributed by atoms with van der Waals surface area (Å²) in [5.74, 6) is -1.02. The summed E-state index contributed by atoms with van der Waals surface area (Å²) in [6.45, 7) is 7.93. The average molecular weight is 484 g/mol. The van der Waals surface area contributed by atoms with Gasteiger partial charge >= 0.3 is 5.97 Å². The second kappa shape index (κ2) is 11.0. The van der Waals surface area contributed by atoms with Gasteiger partial charge in [-0.25, -0.2) is 14.8 Å². The van der Waals surface area contributed by atoms with Gasteiger partial charge in [-0.05, 0) is 33.3 Å². The zero-order valence-corrected chi connectivity index (χ0v) is 20.3. The summed E-state index contributed by atoms with van der Waals surface area (Å²) in [7, 11) is 0. The minimum atomic E-state index is -0.633. The summed E-state index contributed by atoms with van der Waals surface area (Å²) in [6.07, 6.45) is 1.23. The van der Waals surface area contributed by atoms with E-state index in [0.29, 0.717) is 17.9 Å². The van der Waals surface area contributed by atoms with E-state index in [0.717, 1.165) is 6.42 Å². The number of nitrogens with zero attached hydrogens (tertiary/aromatic N) is 5. The van der Waals surface area contributed by atoms with Crippen molar-refractivity contribution in [1.29, 1.82) is 0 Å². The van der Waals surface area contributed by atoms with E-state index in [9.17, 15) is 24.5 Å². The molecule has 11 heteroatoms. The average Bonchev–Trinajstić information content (AvgIpc) is 2.83. The van der Waals surface area contributed by atoms with Crippen LogP contribution in [-0.2, 0) is 11.2 Å². The Morgan fingerprint density at radius 2 is 1.91 bits per heavy atom. The van der Waals surface area contributed by atoms with Crippen LogP contribution in [-0.4, -0.2) is 74.8 Å². The van der Waals surface area contributed by atoms with Gasteiger partial charge in [0.1, 0.15) is 17.1 Å². The van der Waals surface area contributed by atoms with E-state index in [4.69, 9.17) is 4.74 Å². The Balaban J connectivity index is 1.84. The molecule has 0 aliphatic carbocycles. The lowest BCUT2D eigenvalue weighted by atomic mass is 10.0. The van der Waals surface area contributed by atoms with Crippen molar-refractivity contribution in [3.63, 3.8) is 0 Å². The number of piperazine rings is 1. The molecule has 1 atom stereocenters. The topological polar surface area (TPSA) is 136 Å². The maximum atomic E-state index is 13.5. The van der Waals surface area contributed by atoms with Gasteiger partial charge in [0.2, 0.25) is 0 Å². The zero-order chi connectivity index (χ0) is 25.7. The van der Waals surface area contributed by atoms with Crippen LogP contribution < -0.4 is 0 Å². The van der Waals surface area contributed by atoms with E-state index in [1.165, 1.54) is 24.3 Å². The molecule has 1 saturated heterocycles. The molecule has 1 aromatic carbocycles. The lowest BCUT2D eigenvalue weighted by Crippen LogP contribution is -2.55. The number of nitro groups is 1. The van der Waals surface area contributed by atoms with Crippen LogP contribution in [0.2, 0.25) is 0 Å². The molecule has 3 rings (SSSR count). The van der Waals surface area contributed by atoms with E-state index in [2.05, 4.69) is 9.97 Å². The van der Waals surface area contributed by atoms with Gasteiger partial charge in [0.15, 0.2) is 0 Å². The Bertz CT molecular complexity index is 1150. The van der Waals surface area contributed by atoms with Crippen LogP contribution in [0.3, 0.4) is 0 Å². The van der Waals surface area contributed by atoms with Gasteiger partial charge < -0.3 is 14.5 Å². The largest absolute Gasteiger partial charge is 0.462 e. The van der Waals surface area contributed by atoms with E-state index in [-0.39, 0.29) is 60.7 Å². The summed E-state index contributed by atoms with van der Waals surface area (Å²) < 4.78 is 5.19. The van der Waals surface area contributed by atoms with E-state index in [1.807, 2.05) is 6.92 Å². The predicted octanol–water partition coefficient (Wildman–Crippen LogP) is 2.81. The molecule has 1 aliphatic heterocycles. The first kappa shape index (κ1) is 25.7. The normalized spacial score (nSPS) is 15.6. The van der Waals surface area contributed by atoms with Crippen LogP contribution in [0.15, 0.2) is 24.3 Å². The van der Waals surface area contributed by atoms with Crippen LogP contribution in [0.4, 0.5) is 5.69 Å². The van der Waals surface area contributed by atoms with Crippen LogP contribution in [0, 0.1) is 17.0 Å². The highest BCUT2D eigenvalue weighted by molar-refractivity contribution is 6.05. The van der Waals surface area contributed by atoms with Crippen molar-refractivity contribution < 1.29 is 24.0 Å². The maximum absolute atomic E-state index is 13.5. The number of carbonyl (C=O) groups is 3. The number of hydrogen-bond acceptors (Lipinski definition) is 8. The van der Waals surface area contributed by atoms with Crippen molar-refractivity contribution in [2.24, 2.45) is 0 Å². The fraction of sp³-hybridized carbons (Fsp3) is 0.458. The van der Waals surface area contributed by atoms with Gasteiger partial charge in [-0.2, -0.15) is 0 Å². The predicted molar refractivity (Wildman–Crippen MR) is 126 cm³/mol. The van der Waals surface area contributed by atoms with Crippen LogP contribution in [0.25, 0.3) is 0 Å². The lowest BCUT2D eigenvalue weighted by Gasteiger charge is -2.40. The quantitative estimate of drug-likeness (QED) is 0.333. The SMILES string of the molecule is CCCc1nc(C)nc(C(=O)N2CCN(C(=O)c3cccc([N+](=O)[O-])c3)C(C)C2)c1C(=O)OCC. The minimum Gasteiger partial charge on any atom is -0.462 e. The highest BCUT2D eigenvalue weighted by Crippen LogP contribution is 2.22. The van der Waals surface area contributed by atoms with Gasteiger partial charge in [-0.3, -0.25) is 19.7 Å². The number of benzene rings is 1. The molecule has 2 amide bonds. The number of hydrogen-bond donors (Lipinski definition) is 0. The molecule has 0 radical (unpaired) electrons. The smallest absolute Gasteiger partial charge is 0.342 e. The van der Waals surface area contributed by atoms with Crippen molar-refractivity contribution in [3.05, 3.63) is 62.7 Å². The zero-order valence-electron chi connectivity index (χ0n) is 20.3. The monoisotopic (exact) mass is 483 g/mol. The van der Waals surface area contributed by atoms with Crippen molar-refractivity contribution in [3.8, 4) is 0 Å². The molecular formula is C24H29N5O6. The molecule has 1 aromatic heterocycles. The first-order valence-corrected chi connectivity index (χ1v) is 11.6. The van der Waals surface area contributed by atoms with Gasteiger partial charge in [0, 0.05) is 43.4 Å². The highest BCUT2D eigenvalue weighted by Gasteiger charge is 2.34. The number of non-ortho nitro benzene ring substituents is 1. The summed E-state index contributed by atoms with van der Waals surface area (Å²) >= 11 is 0. The number of esters is 1. The van der Waals surface area contributed by atoms with Gasteiger partial charge in [-0.1, -0.05) is 19.4 Å². The molecule has 0 spiro atoms. The first-order valence-electron chi connectivity index (χ1n) is 11.6. The molecule has 186 valence electrons. The molecular weight excluding hydrogens is 454 g/mol. The molecule has 0 bridgehead atoms. The molecule has 1 fully saturated rings. The van der Waals surface area contributed by atoms with Gasteiger partial charge in [0.05, 0.1) is 17.2 Å². The Morgan fingerprint density at radius 1 is 1.17 bits per heavy atom. The number of nitro benzene ring substituents is 1. The number of carbonyl (C=O) groups excluding carboxylic acids is 3. The standard InChI is InChI=1S/C24H29N5O6/c1-5-8-19-20(24(32)35-6-2)21(26-16(4)25-19)23(31)27-11-12-28(15(3)14-27)22(30)17-9-7-10-18(13-17)29(33)34/h7,9-10,13,15H,5-6,8,11-12,14H2,1-4H3. The lowest BCUT2D eigenvalue weighted by molar-refractivity contribution is -0.384. The fourth-order valence-corrected chi connectivity index (χ4v) is 4.13. The molecule has 11 nitrogen and oxygen atoms in total. The van der Waals surface area contributed by atoms with E-state index < -0.39 is 16.8 Å². The maximum Gasteiger partial charge on any atom is 0.342 e. The van der Waals surface area contributed by atoms with Gasteiger partial charge in [0.25, 0.3) is 17.5 Å². The van der Waals surface area contributed by atoms with Gasteiger partial charge in [-0.15, -0.1) is 0 Å². The third-order valence-electron chi connectivity index (χ3n) is 5.74. The number of aromatic nitrogens is 2. The van der Waals surface area contributed by atoms with Crippen molar-refractivity contribution >= 4 is 23.5 Å². The highest BCUT2D eigenvalue weighted by atomic mass is 16.6. The summed E-state index contributed by atoms with van der Waals surface area (Å²) in [5, 5.41) is 11.1. The van der Waals surface area contributed by atoms with Crippen molar-refractivity contribution in [1.82, 2.24) is 19.8 Å². The Morgan fingerprint density at radius 3 is 2.54 bits per heavy atom. The molecule has 0 saturated carbocycles. The van der Waals surface area contributed by atoms with Crippen LogP contribution in [0.1, 0.15) is 69.9 Å². The summed E-state index contributed by atoms with van der Waals surface area (Å²) in [5.41, 5.74) is 0.628. The summed E-state index contributed by atoms with van der Waals surface area (Å²) in [4.78, 5) is 61.6. The second-order valence-corrected chi connectivity index (χ2v) is 8.32. The Labute approximate surface area is 203 Å². The third-order valence-corrected chi connectivity index (χ3v) is 5.74. The number of amides is 2. The van der Waals surface area contributed by atoms with E-state index in [1.54, 1.807) is 30.6 Å². The summed E-state index contributed by atoms with van der Waals surface area (Å²) in [6, 6.07) is 5.22. The number of aryl methyl sites for hydroxylation is 2. The molecule has 1 aliphatic rings. The van der Waals surface area contributed by atoms with E-state index >= 15 is 0 Å². The minimum absolute atomic E-state index is 0.00469. The second-order valence-electron chi connectivity index (χ2n) is 8.32.